The monoisotopic (exact) mass is 263 g/mol. The fourth-order valence-corrected chi connectivity index (χ4v) is 2.24. The van der Waals surface area contributed by atoms with Gasteiger partial charge in [0.15, 0.2) is 0 Å². The molecule has 0 spiro atoms. The quantitative estimate of drug-likeness (QED) is 0.874. The first-order chi connectivity index (χ1) is 9.13. The first-order valence-corrected chi connectivity index (χ1v) is 6.35. The van der Waals surface area contributed by atoms with Crippen molar-refractivity contribution in [2.24, 2.45) is 0 Å². The van der Waals surface area contributed by atoms with Crippen LogP contribution in [0.5, 0.6) is 5.75 Å². The van der Waals surface area contributed by atoms with Gasteiger partial charge in [-0.15, -0.1) is 0 Å². The van der Waals surface area contributed by atoms with Crippen molar-refractivity contribution in [3.05, 3.63) is 29.8 Å². The van der Waals surface area contributed by atoms with E-state index < -0.39 is 5.97 Å². The van der Waals surface area contributed by atoms with Crippen LogP contribution >= 0.6 is 0 Å². The predicted octanol–water partition coefficient (Wildman–Crippen LogP) is 1.49. The molecular weight excluding hydrogens is 246 g/mol. The van der Waals surface area contributed by atoms with Gasteiger partial charge in [-0.25, -0.2) is 0 Å². The molecule has 1 N–H and O–H groups in total. The summed E-state index contributed by atoms with van der Waals surface area (Å²) in [7, 11) is 0. The van der Waals surface area contributed by atoms with Crippen LogP contribution in [0.4, 0.5) is 0 Å². The Morgan fingerprint density at radius 3 is 2.84 bits per heavy atom. The molecule has 2 rings (SSSR count). The zero-order valence-corrected chi connectivity index (χ0v) is 10.8. The van der Waals surface area contributed by atoms with Crippen LogP contribution in [-0.4, -0.2) is 41.6 Å². The fourth-order valence-electron chi connectivity index (χ4n) is 2.24. The van der Waals surface area contributed by atoms with Gasteiger partial charge in [0.1, 0.15) is 18.3 Å². The number of fused-ring (bicyclic) bond motifs is 1. The summed E-state index contributed by atoms with van der Waals surface area (Å²) in [6.45, 7) is 2.93. The molecule has 0 saturated heterocycles. The second kappa shape index (κ2) is 5.73. The summed E-state index contributed by atoms with van der Waals surface area (Å²) in [5, 5.41) is 8.70. The van der Waals surface area contributed by atoms with E-state index in [1.54, 1.807) is 4.90 Å². The Balaban J connectivity index is 2.09. The Bertz CT molecular complexity index is 486. The second-order valence-electron chi connectivity index (χ2n) is 4.46. The highest BCUT2D eigenvalue weighted by atomic mass is 16.5. The third-order valence-electron chi connectivity index (χ3n) is 3.29. The number of carbonyl (C=O) groups excluding carboxylic acids is 1. The molecule has 0 saturated carbocycles. The summed E-state index contributed by atoms with van der Waals surface area (Å²) >= 11 is 0. The molecule has 1 aliphatic heterocycles. The Morgan fingerprint density at radius 2 is 2.16 bits per heavy atom. The summed E-state index contributed by atoms with van der Waals surface area (Å²) in [6.07, 6.45) is -0.0329. The van der Waals surface area contributed by atoms with Gasteiger partial charge >= 0.3 is 5.97 Å². The van der Waals surface area contributed by atoms with Crippen LogP contribution in [0.25, 0.3) is 0 Å². The number of rotatable bonds is 5. The smallest absolute Gasteiger partial charge is 0.305 e. The number of nitrogens with zero attached hydrogens (tertiary/aromatic N) is 1. The topological polar surface area (TPSA) is 66.8 Å². The number of carboxylic acids is 1. The van der Waals surface area contributed by atoms with E-state index in [0.29, 0.717) is 13.2 Å². The van der Waals surface area contributed by atoms with Crippen molar-refractivity contribution in [3.8, 4) is 5.75 Å². The van der Waals surface area contributed by atoms with Crippen molar-refractivity contribution in [1.29, 1.82) is 0 Å². The molecular formula is C14H17NO4. The van der Waals surface area contributed by atoms with Gasteiger partial charge in [-0.2, -0.15) is 0 Å². The first kappa shape index (κ1) is 13.4. The number of para-hydroxylation sites is 1. The van der Waals surface area contributed by atoms with Crippen molar-refractivity contribution < 1.29 is 19.4 Å². The van der Waals surface area contributed by atoms with Gasteiger partial charge in [-0.1, -0.05) is 18.2 Å². The van der Waals surface area contributed by atoms with E-state index in [1.165, 1.54) is 0 Å². The molecule has 1 aromatic rings. The number of hydrogen-bond acceptors (Lipinski definition) is 3. The van der Waals surface area contributed by atoms with E-state index in [4.69, 9.17) is 9.84 Å². The minimum atomic E-state index is -0.894. The van der Waals surface area contributed by atoms with Crippen LogP contribution < -0.4 is 4.74 Å². The fraction of sp³-hybridized carbons (Fsp3) is 0.429. The second-order valence-corrected chi connectivity index (χ2v) is 4.46. The van der Waals surface area contributed by atoms with Crippen molar-refractivity contribution in [2.75, 3.05) is 19.7 Å². The lowest BCUT2D eigenvalue weighted by Crippen LogP contribution is -2.37. The Morgan fingerprint density at radius 1 is 1.42 bits per heavy atom. The average molecular weight is 263 g/mol. The number of ether oxygens (including phenoxy) is 1. The summed E-state index contributed by atoms with van der Waals surface area (Å²) in [5.41, 5.74) is 0.890. The number of likely N-dealkylation sites (N-methyl/N-ethyl adjacent to an activating group) is 1. The number of aliphatic carboxylic acids is 1. The number of carbonyl (C=O) groups is 2. The molecule has 1 amide bonds. The highest BCUT2D eigenvalue weighted by Gasteiger charge is 2.32. The largest absolute Gasteiger partial charge is 0.492 e. The predicted molar refractivity (Wildman–Crippen MR) is 69.2 cm³/mol. The molecule has 19 heavy (non-hydrogen) atoms. The minimum Gasteiger partial charge on any atom is -0.492 e. The molecule has 102 valence electrons. The van der Waals surface area contributed by atoms with Gasteiger partial charge in [0, 0.05) is 18.7 Å². The van der Waals surface area contributed by atoms with E-state index in [9.17, 15) is 9.59 Å². The molecule has 5 nitrogen and oxygen atoms in total. The lowest BCUT2D eigenvalue weighted by atomic mass is 10.00. The Kier molecular flexibility index (Phi) is 4.04. The number of hydrogen-bond donors (Lipinski definition) is 1. The standard InChI is InChI=1S/C14H17NO4/c1-2-15(8-7-13(16)17)14(18)11-9-19-12-6-4-3-5-10(11)12/h3-6,11H,2,7-9H2,1H3,(H,16,17)/t11-/m1/s1. The van der Waals surface area contributed by atoms with Crippen molar-refractivity contribution in [1.82, 2.24) is 4.90 Å². The van der Waals surface area contributed by atoms with Crippen LogP contribution in [0.1, 0.15) is 24.8 Å². The third kappa shape index (κ3) is 2.86. The maximum Gasteiger partial charge on any atom is 0.305 e. The molecule has 1 atom stereocenters. The zero-order valence-electron chi connectivity index (χ0n) is 10.8. The van der Waals surface area contributed by atoms with Gasteiger partial charge < -0.3 is 14.7 Å². The summed E-state index contributed by atoms with van der Waals surface area (Å²) < 4.78 is 5.49. The third-order valence-corrected chi connectivity index (χ3v) is 3.29. The van der Waals surface area contributed by atoms with Gasteiger partial charge in [0.2, 0.25) is 5.91 Å². The molecule has 1 aromatic carbocycles. The molecule has 0 aromatic heterocycles. The maximum atomic E-state index is 12.4. The van der Waals surface area contributed by atoms with Gasteiger partial charge in [-0.3, -0.25) is 9.59 Å². The van der Waals surface area contributed by atoms with E-state index in [0.717, 1.165) is 11.3 Å². The average Bonchev–Trinajstić information content (AvgIpc) is 2.82. The van der Waals surface area contributed by atoms with Gasteiger partial charge in [0.05, 0.1) is 6.42 Å². The van der Waals surface area contributed by atoms with Crippen molar-refractivity contribution >= 4 is 11.9 Å². The number of benzene rings is 1. The van der Waals surface area contributed by atoms with E-state index in [-0.39, 0.29) is 24.8 Å². The van der Waals surface area contributed by atoms with Crippen LogP contribution in [-0.2, 0) is 9.59 Å². The summed E-state index contributed by atoms with van der Waals surface area (Å²) in [4.78, 5) is 24.6. The molecule has 0 fully saturated rings. The molecule has 1 heterocycles. The first-order valence-electron chi connectivity index (χ1n) is 6.35. The highest BCUT2D eigenvalue weighted by Crippen LogP contribution is 2.34. The van der Waals surface area contributed by atoms with Crippen LogP contribution in [0.15, 0.2) is 24.3 Å². The Labute approximate surface area is 111 Å². The minimum absolute atomic E-state index is 0.0329. The van der Waals surface area contributed by atoms with Crippen LogP contribution in [0.2, 0.25) is 0 Å². The summed E-state index contributed by atoms with van der Waals surface area (Å²) in [5.74, 6) is -0.525. The SMILES string of the molecule is CCN(CCC(=O)O)C(=O)[C@@H]1COc2ccccc21. The molecule has 0 radical (unpaired) electrons. The zero-order chi connectivity index (χ0) is 13.8. The normalized spacial score (nSPS) is 16.6. The highest BCUT2D eigenvalue weighted by molar-refractivity contribution is 5.86. The lowest BCUT2D eigenvalue weighted by Gasteiger charge is -2.23. The molecule has 0 aliphatic carbocycles. The van der Waals surface area contributed by atoms with E-state index in [1.807, 2.05) is 31.2 Å². The van der Waals surface area contributed by atoms with Crippen LogP contribution in [0, 0.1) is 0 Å². The van der Waals surface area contributed by atoms with Gasteiger partial charge in [-0.05, 0) is 13.0 Å². The van der Waals surface area contributed by atoms with Crippen molar-refractivity contribution in [2.45, 2.75) is 19.3 Å². The van der Waals surface area contributed by atoms with Gasteiger partial charge in [0.25, 0.3) is 0 Å². The maximum absolute atomic E-state index is 12.4. The van der Waals surface area contributed by atoms with Crippen LogP contribution in [0.3, 0.4) is 0 Å². The molecule has 0 bridgehead atoms. The number of carboxylic acid groups (broad SMARTS) is 1. The lowest BCUT2D eigenvalue weighted by molar-refractivity contribution is -0.138. The molecule has 0 unspecified atom stereocenters. The molecule has 5 heteroatoms. The Hall–Kier alpha value is -2.04. The van der Waals surface area contributed by atoms with Crippen molar-refractivity contribution in [3.63, 3.8) is 0 Å². The van der Waals surface area contributed by atoms with E-state index in [2.05, 4.69) is 0 Å². The van der Waals surface area contributed by atoms with E-state index >= 15 is 0 Å². The number of amides is 1. The molecule has 1 aliphatic rings. The summed E-state index contributed by atoms with van der Waals surface area (Å²) in [6, 6.07) is 7.47.